The van der Waals surface area contributed by atoms with Crippen LogP contribution in [0.25, 0.3) is 0 Å². The number of pyridine rings is 1. The first-order chi connectivity index (χ1) is 13.1. The number of hydrogen-bond donors (Lipinski definition) is 1. The number of carbonyl (C=O) groups excluding carboxylic acids is 1. The molecule has 0 radical (unpaired) electrons. The number of aryl methyl sites for hydroxylation is 1. The summed E-state index contributed by atoms with van der Waals surface area (Å²) in [4.78, 5) is 21.7. The molecule has 1 aromatic heterocycles. The Hall–Kier alpha value is -2.56. The highest BCUT2D eigenvalue weighted by atomic mass is 16.1. The summed E-state index contributed by atoms with van der Waals surface area (Å²) in [5.41, 5.74) is 4.73. The minimum Gasteiger partial charge on any atom is -0.372 e. The average molecular weight is 367 g/mol. The van der Waals surface area contributed by atoms with Crippen molar-refractivity contribution in [2.75, 3.05) is 41.3 Å². The van der Waals surface area contributed by atoms with Crippen LogP contribution in [0.5, 0.6) is 0 Å². The van der Waals surface area contributed by atoms with Crippen molar-refractivity contribution in [2.24, 2.45) is 0 Å². The van der Waals surface area contributed by atoms with Gasteiger partial charge in [-0.3, -0.25) is 9.78 Å². The third-order valence-electron chi connectivity index (χ3n) is 5.29. The van der Waals surface area contributed by atoms with Crippen molar-refractivity contribution >= 4 is 23.0 Å². The van der Waals surface area contributed by atoms with Gasteiger partial charge in [0.1, 0.15) is 0 Å². The van der Waals surface area contributed by atoms with E-state index in [1.165, 1.54) is 24.9 Å². The van der Waals surface area contributed by atoms with Crippen molar-refractivity contribution in [3.05, 3.63) is 47.8 Å². The maximum Gasteiger partial charge on any atom is 0.257 e. The van der Waals surface area contributed by atoms with Gasteiger partial charge in [-0.15, -0.1) is 0 Å². The quantitative estimate of drug-likeness (QED) is 0.819. The van der Waals surface area contributed by atoms with Crippen molar-refractivity contribution in [3.8, 4) is 0 Å². The molecular formula is C22H30N4O. The fraction of sp³-hybridized carbons (Fsp3) is 0.455. The van der Waals surface area contributed by atoms with Gasteiger partial charge in [-0.1, -0.05) is 0 Å². The molecule has 0 saturated carbocycles. The van der Waals surface area contributed by atoms with E-state index < -0.39 is 0 Å². The van der Waals surface area contributed by atoms with E-state index in [1.807, 2.05) is 25.3 Å². The number of nitrogens with zero attached hydrogens (tertiary/aromatic N) is 3. The zero-order valence-corrected chi connectivity index (χ0v) is 16.7. The fourth-order valence-electron chi connectivity index (χ4n) is 3.65. The van der Waals surface area contributed by atoms with Gasteiger partial charge in [-0.05, 0) is 69.9 Å². The van der Waals surface area contributed by atoms with Gasteiger partial charge < -0.3 is 15.1 Å². The molecular weight excluding hydrogens is 336 g/mol. The van der Waals surface area contributed by atoms with Crippen LogP contribution in [-0.2, 0) is 0 Å². The Labute approximate surface area is 162 Å². The van der Waals surface area contributed by atoms with E-state index in [0.29, 0.717) is 5.56 Å². The first-order valence-electron chi connectivity index (χ1n) is 9.99. The molecule has 1 aliphatic rings. The van der Waals surface area contributed by atoms with Gasteiger partial charge in [0.2, 0.25) is 0 Å². The molecule has 1 N–H and O–H groups in total. The minimum absolute atomic E-state index is 0.111. The highest BCUT2D eigenvalue weighted by molar-refractivity contribution is 6.05. The molecule has 1 aromatic carbocycles. The van der Waals surface area contributed by atoms with Crippen LogP contribution in [0.1, 0.15) is 49.0 Å². The van der Waals surface area contributed by atoms with E-state index in [9.17, 15) is 4.79 Å². The van der Waals surface area contributed by atoms with E-state index in [-0.39, 0.29) is 5.91 Å². The zero-order chi connectivity index (χ0) is 19.2. The normalized spacial score (nSPS) is 14.1. The molecule has 5 heteroatoms. The lowest BCUT2D eigenvalue weighted by molar-refractivity contribution is 0.102. The Balaban J connectivity index is 1.73. The monoisotopic (exact) mass is 366 g/mol. The maximum absolute atomic E-state index is 12.8. The summed E-state index contributed by atoms with van der Waals surface area (Å²) in [7, 11) is 0. The number of nitrogens with one attached hydrogen (secondary N) is 1. The maximum atomic E-state index is 12.8. The molecule has 1 saturated heterocycles. The summed E-state index contributed by atoms with van der Waals surface area (Å²) < 4.78 is 0. The van der Waals surface area contributed by atoms with Crippen LogP contribution in [0.2, 0.25) is 0 Å². The van der Waals surface area contributed by atoms with Crippen LogP contribution in [-0.4, -0.2) is 37.1 Å². The number of aromatic nitrogens is 1. The highest BCUT2D eigenvalue weighted by Crippen LogP contribution is 2.24. The molecule has 2 aromatic rings. The molecule has 0 aliphatic carbocycles. The van der Waals surface area contributed by atoms with E-state index >= 15 is 0 Å². The van der Waals surface area contributed by atoms with E-state index in [1.54, 1.807) is 6.20 Å². The standard InChI is InChI=1S/C22H30N4O/c1-4-25(5-2)19-9-10-21(17(3)13-19)24-22(27)18-14-20(16-23-15-18)26-11-7-6-8-12-26/h9-10,13-16H,4-8,11-12H2,1-3H3,(H,24,27). The second-order valence-electron chi connectivity index (χ2n) is 7.11. The smallest absolute Gasteiger partial charge is 0.257 e. The second kappa shape index (κ2) is 8.89. The lowest BCUT2D eigenvalue weighted by Crippen LogP contribution is -2.29. The Morgan fingerprint density at radius 3 is 2.52 bits per heavy atom. The van der Waals surface area contributed by atoms with Gasteiger partial charge in [0.15, 0.2) is 0 Å². The van der Waals surface area contributed by atoms with Gasteiger partial charge in [0, 0.05) is 43.8 Å². The van der Waals surface area contributed by atoms with Gasteiger partial charge in [0.05, 0.1) is 17.4 Å². The molecule has 0 unspecified atom stereocenters. The van der Waals surface area contributed by atoms with Crippen LogP contribution < -0.4 is 15.1 Å². The number of hydrogen-bond acceptors (Lipinski definition) is 4. The predicted molar refractivity (Wildman–Crippen MR) is 113 cm³/mol. The molecule has 0 bridgehead atoms. The van der Waals surface area contributed by atoms with Crippen molar-refractivity contribution < 1.29 is 4.79 Å². The molecule has 0 atom stereocenters. The summed E-state index contributed by atoms with van der Waals surface area (Å²) in [5.74, 6) is -0.111. The third kappa shape index (κ3) is 4.59. The van der Waals surface area contributed by atoms with Gasteiger partial charge in [-0.2, -0.15) is 0 Å². The summed E-state index contributed by atoms with van der Waals surface area (Å²) in [6.07, 6.45) is 7.19. The molecule has 3 rings (SSSR count). The topological polar surface area (TPSA) is 48.5 Å². The molecule has 2 heterocycles. The van der Waals surface area contributed by atoms with Crippen molar-refractivity contribution in [3.63, 3.8) is 0 Å². The van der Waals surface area contributed by atoms with Crippen LogP contribution in [0.4, 0.5) is 17.1 Å². The third-order valence-corrected chi connectivity index (χ3v) is 5.29. The number of amides is 1. The Morgan fingerprint density at radius 2 is 1.85 bits per heavy atom. The first kappa shape index (κ1) is 19.2. The van der Waals surface area contributed by atoms with Crippen molar-refractivity contribution in [1.82, 2.24) is 4.98 Å². The van der Waals surface area contributed by atoms with Gasteiger partial charge in [-0.25, -0.2) is 0 Å². The summed E-state index contributed by atoms with van der Waals surface area (Å²) >= 11 is 0. The zero-order valence-electron chi connectivity index (χ0n) is 16.7. The fourth-order valence-corrected chi connectivity index (χ4v) is 3.65. The van der Waals surface area contributed by atoms with Gasteiger partial charge in [0.25, 0.3) is 5.91 Å². The number of benzene rings is 1. The van der Waals surface area contributed by atoms with Gasteiger partial charge >= 0.3 is 0 Å². The number of rotatable bonds is 6. The Morgan fingerprint density at radius 1 is 1.11 bits per heavy atom. The van der Waals surface area contributed by atoms with Crippen LogP contribution in [0, 0.1) is 6.92 Å². The molecule has 1 aliphatic heterocycles. The summed E-state index contributed by atoms with van der Waals surface area (Å²) in [6, 6.07) is 8.14. The molecule has 27 heavy (non-hydrogen) atoms. The summed E-state index contributed by atoms with van der Waals surface area (Å²) in [6.45, 7) is 10.4. The number of carbonyl (C=O) groups is 1. The molecule has 1 amide bonds. The SMILES string of the molecule is CCN(CC)c1ccc(NC(=O)c2cncc(N3CCCCC3)c2)c(C)c1. The van der Waals surface area contributed by atoms with Crippen molar-refractivity contribution in [1.29, 1.82) is 0 Å². The largest absolute Gasteiger partial charge is 0.372 e. The first-order valence-corrected chi connectivity index (χ1v) is 9.99. The van der Waals surface area contributed by atoms with E-state index in [2.05, 4.69) is 46.1 Å². The van der Waals surface area contributed by atoms with Crippen LogP contribution in [0.15, 0.2) is 36.7 Å². The molecule has 1 fully saturated rings. The van der Waals surface area contributed by atoms with Crippen LogP contribution >= 0.6 is 0 Å². The number of piperidine rings is 1. The lowest BCUT2D eigenvalue weighted by Gasteiger charge is -2.28. The van der Waals surface area contributed by atoms with E-state index in [4.69, 9.17) is 0 Å². The lowest BCUT2D eigenvalue weighted by atomic mass is 10.1. The Kier molecular flexibility index (Phi) is 6.32. The molecule has 144 valence electrons. The minimum atomic E-state index is -0.111. The Bertz CT molecular complexity index is 780. The second-order valence-corrected chi connectivity index (χ2v) is 7.11. The predicted octanol–water partition coefficient (Wildman–Crippen LogP) is 4.48. The van der Waals surface area contributed by atoms with Crippen LogP contribution in [0.3, 0.4) is 0 Å². The van der Waals surface area contributed by atoms with Crippen molar-refractivity contribution in [2.45, 2.75) is 40.0 Å². The highest BCUT2D eigenvalue weighted by Gasteiger charge is 2.15. The van der Waals surface area contributed by atoms with E-state index in [0.717, 1.165) is 43.1 Å². The molecule has 5 nitrogen and oxygen atoms in total. The average Bonchev–Trinajstić information content (AvgIpc) is 2.71. The molecule has 0 spiro atoms. The summed E-state index contributed by atoms with van der Waals surface area (Å²) in [5, 5.41) is 3.04. The number of anilines is 3.